The first kappa shape index (κ1) is 10.6. The Bertz CT molecular complexity index is 325. The van der Waals surface area contributed by atoms with Gasteiger partial charge >= 0.3 is 0 Å². The number of hydrogen-bond acceptors (Lipinski definition) is 2. The molecule has 1 aromatic carbocycles. The Balaban J connectivity index is 2.74. The molecule has 0 heterocycles. The summed E-state index contributed by atoms with van der Waals surface area (Å²) in [5.41, 5.74) is 2.32. The zero-order valence-corrected chi connectivity index (χ0v) is 8.75. The highest BCUT2D eigenvalue weighted by Crippen LogP contribution is 2.15. The van der Waals surface area contributed by atoms with Crippen molar-refractivity contribution in [3.8, 4) is 6.07 Å². The van der Waals surface area contributed by atoms with Crippen LogP contribution in [0.4, 0.5) is 5.69 Å². The van der Waals surface area contributed by atoms with Gasteiger partial charge in [-0.3, -0.25) is 0 Å². The first-order chi connectivity index (χ1) is 6.77. The molecule has 1 rings (SSSR count). The van der Waals surface area contributed by atoms with Gasteiger partial charge in [-0.15, -0.1) is 0 Å². The molecule has 0 aromatic heterocycles. The topological polar surface area (TPSA) is 27.0 Å². The molecule has 1 aromatic rings. The van der Waals surface area contributed by atoms with Crippen LogP contribution < -0.4 is 4.90 Å². The Kier molecular flexibility index (Phi) is 4.00. The molecular weight excluding hydrogens is 172 g/mol. The van der Waals surface area contributed by atoms with Crippen LogP contribution in [0.2, 0.25) is 0 Å². The SMILES string of the molecule is CCN(CCC#N)c1cc[c]c(C)c1. The van der Waals surface area contributed by atoms with E-state index in [1.54, 1.807) is 0 Å². The van der Waals surface area contributed by atoms with Gasteiger partial charge in [0.1, 0.15) is 0 Å². The Morgan fingerprint density at radius 1 is 1.57 bits per heavy atom. The Morgan fingerprint density at radius 3 is 2.93 bits per heavy atom. The number of rotatable bonds is 4. The first-order valence-corrected chi connectivity index (χ1v) is 4.88. The maximum atomic E-state index is 8.53. The van der Waals surface area contributed by atoms with Gasteiger partial charge in [-0.2, -0.15) is 5.26 Å². The van der Waals surface area contributed by atoms with Gasteiger partial charge in [0.15, 0.2) is 0 Å². The summed E-state index contributed by atoms with van der Waals surface area (Å²) in [6.07, 6.45) is 0.575. The summed E-state index contributed by atoms with van der Waals surface area (Å²) in [5.74, 6) is 0. The standard InChI is InChI=1S/C12H15N2/c1-3-14(9-5-8-13)12-7-4-6-11(2)10-12/h4,7,10H,3,5,9H2,1-2H3. The van der Waals surface area contributed by atoms with Crippen molar-refractivity contribution in [3.05, 3.63) is 29.8 Å². The van der Waals surface area contributed by atoms with Crippen LogP contribution in [0.5, 0.6) is 0 Å². The first-order valence-electron chi connectivity index (χ1n) is 4.88. The lowest BCUT2D eigenvalue weighted by molar-refractivity contribution is 0.826. The van der Waals surface area contributed by atoms with Gasteiger partial charge in [0.2, 0.25) is 0 Å². The molecule has 73 valence electrons. The van der Waals surface area contributed by atoms with Crippen molar-refractivity contribution in [2.45, 2.75) is 20.3 Å². The normalized spacial score (nSPS) is 9.50. The maximum Gasteiger partial charge on any atom is 0.0640 e. The molecule has 0 aliphatic rings. The van der Waals surface area contributed by atoms with Gasteiger partial charge in [-0.25, -0.2) is 0 Å². The molecule has 0 atom stereocenters. The van der Waals surface area contributed by atoms with Gasteiger partial charge in [-0.05, 0) is 37.6 Å². The molecule has 0 spiro atoms. The third kappa shape index (κ3) is 2.77. The van der Waals surface area contributed by atoms with Gasteiger partial charge in [0.25, 0.3) is 0 Å². The molecule has 0 bridgehead atoms. The second kappa shape index (κ2) is 5.29. The zero-order valence-electron chi connectivity index (χ0n) is 8.75. The second-order valence-electron chi connectivity index (χ2n) is 3.22. The minimum atomic E-state index is 0.575. The van der Waals surface area contributed by atoms with Gasteiger partial charge in [-0.1, -0.05) is 6.07 Å². The van der Waals surface area contributed by atoms with Crippen LogP contribution in [-0.4, -0.2) is 13.1 Å². The molecule has 2 heteroatoms. The molecule has 0 saturated heterocycles. The average Bonchev–Trinajstić information content (AvgIpc) is 2.19. The summed E-state index contributed by atoms with van der Waals surface area (Å²) in [5, 5.41) is 8.53. The Hall–Kier alpha value is -1.49. The zero-order chi connectivity index (χ0) is 10.4. The molecule has 1 radical (unpaired) electrons. The number of nitrogens with zero attached hydrogens (tertiary/aromatic N) is 2. The van der Waals surface area contributed by atoms with Crippen molar-refractivity contribution in [2.75, 3.05) is 18.0 Å². The fourth-order valence-electron chi connectivity index (χ4n) is 1.42. The highest BCUT2D eigenvalue weighted by molar-refractivity contribution is 5.47. The number of nitriles is 1. The van der Waals surface area contributed by atoms with Crippen LogP contribution in [0.25, 0.3) is 0 Å². The molecule has 2 nitrogen and oxygen atoms in total. The summed E-state index contributed by atoms with van der Waals surface area (Å²) in [4.78, 5) is 2.20. The molecular formula is C12H15N2. The molecule has 0 unspecified atom stereocenters. The van der Waals surface area contributed by atoms with Gasteiger partial charge in [0.05, 0.1) is 12.5 Å². The lowest BCUT2D eigenvalue weighted by Gasteiger charge is -2.21. The molecule has 0 fully saturated rings. The van der Waals surface area contributed by atoms with Gasteiger partial charge in [0, 0.05) is 18.8 Å². The molecule has 0 amide bonds. The third-order valence-corrected chi connectivity index (χ3v) is 2.17. The third-order valence-electron chi connectivity index (χ3n) is 2.17. The van der Waals surface area contributed by atoms with Crippen LogP contribution in [0.1, 0.15) is 18.9 Å². The monoisotopic (exact) mass is 187 g/mol. The fraction of sp³-hybridized carbons (Fsp3) is 0.417. The summed E-state index contributed by atoms with van der Waals surface area (Å²) >= 11 is 0. The Labute approximate surface area is 85.8 Å². The minimum absolute atomic E-state index is 0.575. The highest BCUT2D eigenvalue weighted by Gasteiger charge is 2.02. The molecule has 0 aliphatic heterocycles. The fourth-order valence-corrected chi connectivity index (χ4v) is 1.42. The van der Waals surface area contributed by atoms with Crippen LogP contribution in [-0.2, 0) is 0 Å². The average molecular weight is 187 g/mol. The summed E-state index contributed by atoms with van der Waals surface area (Å²) in [6.45, 7) is 5.87. The van der Waals surface area contributed by atoms with E-state index in [2.05, 4.69) is 30.0 Å². The van der Waals surface area contributed by atoms with E-state index >= 15 is 0 Å². The quantitative estimate of drug-likeness (QED) is 0.724. The van der Waals surface area contributed by atoms with Crippen molar-refractivity contribution in [1.82, 2.24) is 0 Å². The number of aryl methyl sites for hydroxylation is 1. The van der Waals surface area contributed by atoms with Crippen molar-refractivity contribution in [2.24, 2.45) is 0 Å². The number of hydrogen-bond donors (Lipinski definition) is 0. The van der Waals surface area contributed by atoms with E-state index in [1.165, 1.54) is 5.69 Å². The summed E-state index contributed by atoms with van der Waals surface area (Å²) in [6, 6.07) is 11.3. The molecule has 14 heavy (non-hydrogen) atoms. The van der Waals surface area contributed by atoms with E-state index in [1.807, 2.05) is 19.1 Å². The maximum absolute atomic E-state index is 8.53. The minimum Gasteiger partial charge on any atom is -0.371 e. The smallest absolute Gasteiger partial charge is 0.0640 e. The van der Waals surface area contributed by atoms with Crippen molar-refractivity contribution < 1.29 is 0 Å². The largest absolute Gasteiger partial charge is 0.371 e. The molecule has 0 aliphatic carbocycles. The number of benzene rings is 1. The lowest BCUT2D eigenvalue weighted by atomic mass is 10.2. The predicted octanol–water partition coefficient (Wildman–Crippen LogP) is 2.54. The van der Waals surface area contributed by atoms with Crippen LogP contribution in [0, 0.1) is 24.3 Å². The lowest BCUT2D eigenvalue weighted by Crippen LogP contribution is -2.23. The number of anilines is 1. The van der Waals surface area contributed by atoms with E-state index in [9.17, 15) is 0 Å². The van der Waals surface area contributed by atoms with Crippen molar-refractivity contribution in [1.29, 1.82) is 5.26 Å². The van der Waals surface area contributed by atoms with E-state index < -0.39 is 0 Å². The molecule has 0 saturated carbocycles. The van der Waals surface area contributed by atoms with Gasteiger partial charge < -0.3 is 4.90 Å². The highest BCUT2D eigenvalue weighted by atomic mass is 15.1. The van der Waals surface area contributed by atoms with Crippen LogP contribution in [0.15, 0.2) is 18.2 Å². The van der Waals surface area contributed by atoms with E-state index in [-0.39, 0.29) is 0 Å². The second-order valence-corrected chi connectivity index (χ2v) is 3.22. The van der Waals surface area contributed by atoms with Crippen LogP contribution >= 0.6 is 0 Å². The van der Waals surface area contributed by atoms with Crippen LogP contribution in [0.3, 0.4) is 0 Å². The molecule has 0 N–H and O–H groups in total. The predicted molar refractivity (Wildman–Crippen MR) is 58.1 cm³/mol. The van der Waals surface area contributed by atoms with Crippen molar-refractivity contribution in [3.63, 3.8) is 0 Å². The van der Waals surface area contributed by atoms with Crippen molar-refractivity contribution >= 4 is 5.69 Å². The van der Waals surface area contributed by atoms with E-state index in [0.717, 1.165) is 18.7 Å². The Morgan fingerprint density at radius 2 is 2.36 bits per heavy atom. The summed E-state index contributed by atoms with van der Waals surface area (Å²) < 4.78 is 0. The van der Waals surface area contributed by atoms with E-state index in [4.69, 9.17) is 5.26 Å². The summed E-state index contributed by atoms with van der Waals surface area (Å²) in [7, 11) is 0. The van der Waals surface area contributed by atoms with E-state index in [0.29, 0.717) is 6.42 Å².